The summed E-state index contributed by atoms with van der Waals surface area (Å²) in [4.78, 5) is 14.3. The van der Waals surface area contributed by atoms with E-state index in [4.69, 9.17) is 9.47 Å². The molecule has 0 fully saturated rings. The van der Waals surface area contributed by atoms with Gasteiger partial charge in [-0.1, -0.05) is 0 Å². The first-order valence-electron chi connectivity index (χ1n) is 9.02. The van der Waals surface area contributed by atoms with Gasteiger partial charge >= 0.3 is 0 Å². The Kier molecular flexibility index (Phi) is 4.83. The normalized spacial score (nSPS) is 15.7. The molecule has 0 unspecified atom stereocenters. The van der Waals surface area contributed by atoms with Crippen molar-refractivity contribution in [2.24, 2.45) is 0 Å². The molecule has 0 spiro atoms. The highest BCUT2D eigenvalue weighted by Crippen LogP contribution is 2.33. The van der Waals surface area contributed by atoms with Crippen molar-refractivity contribution in [1.29, 1.82) is 0 Å². The van der Waals surface area contributed by atoms with Gasteiger partial charge in [0, 0.05) is 36.5 Å². The minimum absolute atomic E-state index is 0.0620. The van der Waals surface area contributed by atoms with Gasteiger partial charge in [0.25, 0.3) is 0 Å². The smallest absolute Gasteiger partial charge is 0.243 e. The van der Waals surface area contributed by atoms with Crippen molar-refractivity contribution in [2.75, 3.05) is 36.5 Å². The van der Waals surface area contributed by atoms with Gasteiger partial charge in [0.15, 0.2) is 23.1 Å². The molecule has 7 heteroatoms. The quantitative estimate of drug-likeness (QED) is 0.893. The molecule has 5 nitrogen and oxygen atoms in total. The van der Waals surface area contributed by atoms with Crippen LogP contribution in [0.2, 0.25) is 0 Å². The topological polar surface area (TPSA) is 50.8 Å². The summed E-state index contributed by atoms with van der Waals surface area (Å²) in [7, 11) is 0. The van der Waals surface area contributed by atoms with Crippen molar-refractivity contribution in [3.05, 3.63) is 47.5 Å². The van der Waals surface area contributed by atoms with Crippen LogP contribution in [0, 0.1) is 11.6 Å². The van der Waals surface area contributed by atoms with E-state index in [-0.39, 0.29) is 12.5 Å². The summed E-state index contributed by atoms with van der Waals surface area (Å²) < 4.78 is 38.3. The van der Waals surface area contributed by atoms with E-state index >= 15 is 0 Å². The Morgan fingerprint density at radius 2 is 1.81 bits per heavy atom. The number of anilines is 2. The van der Waals surface area contributed by atoms with Gasteiger partial charge in [0.1, 0.15) is 0 Å². The first kappa shape index (κ1) is 17.6. The highest BCUT2D eigenvalue weighted by atomic mass is 19.2. The number of nitrogens with one attached hydrogen (secondary N) is 1. The van der Waals surface area contributed by atoms with Crippen LogP contribution in [-0.4, -0.2) is 32.2 Å². The van der Waals surface area contributed by atoms with Gasteiger partial charge in [-0.25, -0.2) is 8.78 Å². The lowest BCUT2D eigenvalue weighted by molar-refractivity contribution is -0.115. The Labute approximate surface area is 155 Å². The maximum Gasteiger partial charge on any atom is 0.243 e. The predicted molar refractivity (Wildman–Crippen MR) is 97.6 cm³/mol. The molecule has 2 heterocycles. The fourth-order valence-corrected chi connectivity index (χ4v) is 3.43. The summed E-state index contributed by atoms with van der Waals surface area (Å²) >= 11 is 0. The number of hydrogen-bond acceptors (Lipinski definition) is 4. The predicted octanol–water partition coefficient (Wildman–Crippen LogP) is 3.52. The number of carbonyl (C=O) groups excluding carboxylic acids is 1. The highest BCUT2D eigenvalue weighted by molar-refractivity contribution is 5.94. The number of nitrogens with zero attached hydrogens (tertiary/aromatic N) is 1. The van der Waals surface area contributed by atoms with Crippen molar-refractivity contribution in [3.8, 4) is 11.5 Å². The van der Waals surface area contributed by atoms with Crippen molar-refractivity contribution in [1.82, 2.24) is 0 Å². The summed E-state index contributed by atoms with van der Waals surface area (Å²) in [6.45, 7) is 1.85. The third kappa shape index (κ3) is 3.82. The van der Waals surface area contributed by atoms with Crippen LogP contribution in [0.15, 0.2) is 30.3 Å². The minimum atomic E-state index is -0.899. The number of hydrogen-bond donors (Lipinski definition) is 1. The zero-order valence-electron chi connectivity index (χ0n) is 14.8. The van der Waals surface area contributed by atoms with Gasteiger partial charge in [0.2, 0.25) is 5.91 Å². The standard InChI is InChI=1S/C20H20F2N2O3/c21-15-9-13-3-1-6-24(17(13)11-16(15)22)12-20(25)23-14-4-5-18-19(10-14)27-8-2-7-26-18/h4-5,9-11H,1-3,6-8,12H2,(H,23,25). The zero-order chi connectivity index (χ0) is 18.8. The average Bonchev–Trinajstić information content (AvgIpc) is 2.88. The van der Waals surface area contributed by atoms with Gasteiger partial charge in [-0.2, -0.15) is 0 Å². The Morgan fingerprint density at radius 3 is 2.67 bits per heavy atom. The van der Waals surface area contributed by atoms with E-state index < -0.39 is 11.6 Å². The monoisotopic (exact) mass is 374 g/mol. The summed E-state index contributed by atoms with van der Waals surface area (Å²) in [5, 5.41) is 2.83. The van der Waals surface area contributed by atoms with E-state index in [2.05, 4.69) is 5.32 Å². The largest absolute Gasteiger partial charge is 0.490 e. The number of amides is 1. The first-order valence-corrected chi connectivity index (χ1v) is 9.02. The Balaban J connectivity index is 1.46. The lowest BCUT2D eigenvalue weighted by Crippen LogP contribution is -2.37. The van der Waals surface area contributed by atoms with E-state index in [0.717, 1.165) is 18.4 Å². The Bertz CT molecular complexity index is 873. The maximum atomic E-state index is 13.6. The van der Waals surface area contributed by atoms with Gasteiger partial charge in [0.05, 0.1) is 19.8 Å². The molecule has 0 saturated carbocycles. The number of halogens is 2. The molecule has 27 heavy (non-hydrogen) atoms. The van der Waals surface area contributed by atoms with Crippen LogP contribution < -0.4 is 19.7 Å². The summed E-state index contributed by atoms with van der Waals surface area (Å²) in [6.07, 6.45) is 2.27. The first-order chi connectivity index (χ1) is 13.1. The van der Waals surface area contributed by atoms with E-state index in [1.165, 1.54) is 12.1 Å². The number of aryl methyl sites for hydroxylation is 1. The Hall–Kier alpha value is -2.83. The molecule has 2 aromatic rings. The number of benzene rings is 2. The molecule has 1 N–H and O–H groups in total. The summed E-state index contributed by atoms with van der Waals surface area (Å²) in [6, 6.07) is 7.65. The van der Waals surface area contributed by atoms with Crippen LogP contribution in [0.4, 0.5) is 20.2 Å². The van der Waals surface area contributed by atoms with Crippen molar-refractivity contribution in [3.63, 3.8) is 0 Å². The second-order valence-electron chi connectivity index (χ2n) is 6.68. The van der Waals surface area contributed by atoms with E-state index in [1.54, 1.807) is 23.1 Å². The van der Waals surface area contributed by atoms with Crippen LogP contribution in [0.3, 0.4) is 0 Å². The van der Waals surface area contributed by atoms with Crippen molar-refractivity contribution >= 4 is 17.3 Å². The molecule has 0 saturated heterocycles. The number of carbonyl (C=O) groups is 1. The molecule has 0 bridgehead atoms. The molecule has 2 aliphatic heterocycles. The Morgan fingerprint density at radius 1 is 1.04 bits per heavy atom. The van der Waals surface area contributed by atoms with Crippen LogP contribution in [-0.2, 0) is 11.2 Å². The molecule has 2 aliphatic rings. The molecular formula is C20H20F2N2O3. The SMILES string of the molecule is O=C(CN1CCCc2cc(F)c(F)cc21)Nc1ccc2c(c1)OCCCO2. The van der Waals surface area contributed by atoms with E-state index in [9.17, 15) is 13.6 Å². The van der Waals surface area contributed by atoms with Crippen molar-refractivity contribution < 1.29 is 23.0 Å². The van der Waals surface area contributed by atoms with E-state index in [1.807, 2.05) is 0 Å². The second kappa shape index (κ2) is 7.42. The van der Waals surface area contributed by atoms with Gasteiger partial charge in [-0.3, -0.25) is 4.79 Å². The summed E-state index contributed by atoms with van der Waals surface area (Å²) in [5.74, 6) is -0.725. The molecule has 0 aliphatic carbocycles. The third-order valence-corrected chi connectivity index (χ3v) is 4.70. The zero-order valence-corrected chi connectivity index (χ0v) is 14.8. The molecule has 4 rings (SSSR count). The number of ether oxygens (including phenoxy) is 2. The fourth-order valence-electron chi connectivity index (χ4n) is 3.43. The highest BCUT2D eigenvalue weighted by Gasteiger charge is 2.22. The second-order valence-corrected chi connectivity index (χ2v) is 6.68. The van der Waals surface area contributed by atoms with Crippen LogP contribution in [0.5, 0.6) is 11.5 Å². The van der Waals surface area contributed by atoms with Crippen LogP contribution in [0.1, 0.15) is 18.4 Å². The third-order valence-electron chi connectivity index (χ3n) is 4.70. The summed E-state index contributed by atoms with van der Waals surface area (Å²) in [5.41, 5.74) is 1.91. The fraction of sp³-hybridized carbons (Fsp3) is 0.350. The molecular weight excluding hydrogens is 354 g/mol. The van der Waals surface area contributed by atoms with Gasteiger partial charge in [-0.15, -0.1) is 0 Å². The molecule has 0 aromatic heterocycles. The molecule has 2 aromatic carbocycles. The average molecular weight is 374 g/mol. The van der Waals surface area contributed by atoms with Crippen molar-refractivity contribution in [2.45, 2.75) is 19.3 Å². The molecule has 1 amide bonds. The maximum absolute atomic E-state index is 13.6. The molecule has 0 atom stereocenters. The molecule has 142 valence electrons. The minimum Gasteiger partial charge on any atom is -0.490 e. The number of rotatable bonds is 3. The van der Waals surface area contributed by atoms with Crippen LogP contribution >= 0.6 is 0 Å². The van der Waals surface area contributed by atoms with Gasteiger partial charge < -0.3 is 19.7 Å². The van der Waals surface area contributed by atoms with E-state index in [0.29, 0.717) is 49.1 Å². The lowest BCUT2D eigenvalue weighted by atomic mass is 10.0. The lowest BCUT2D eigenvalue weighted by Gasteiger charge is -2.30. The van der Waals surface area contributed by atoms with Crippen LogP contribution in [0.25, 0.3) is 0 Å². The number of fused-ring (bicyclic) bond motifs is 2. The molecule has 0 radical (unpaired) electrons. The van der Waals surface area contributed by atoms with Gasteiger partial charge in [-0.05, 0) is 36.6 Å².